The lowest BCUT2D eigenvalue weighted by Gasteiger charge is -2.02. The summed E-state index contributed by atoms with van der Waals surface area (Å²) in [6, 6.07) is 11.9. The maximum absolute atomic E-state index is 13.3. The second kappa shape index (κ2) is 8.63. The molecule has 4 aromatic rings. The van der Waals surface area contributed by atoms with E-state index >= 15 is 0 Å². The van der Waals surface area contributed by atoms with Crippen LogP contribution in [0.3, 0.4) is 0 Å². The van der Waals surface area contributed by atoms with E-state index in [0.29, 0.717) is 22.5 Å². The molecule has 2 aromatic carbocycles. The number of nitrogens with one attached hydrogen (secondary N) is 2. The molecule has 0 aliphatic heterocycles. The zero-order valence-corrected chi connectivity index (χ0v) is 17.9. The fourth-order valence-corrected chi connectivity index (χ4v) is 3.51. The van der Waals surface area contributed by atoms with E-state index in [9.17, 15) is 17.6 Å². The SMILES string of the molecule is CS(=O)(=O)c1ccc(-c2nn(-c3ccc(F)cc3)cc2/C=N/NC(=O)c2nc(N)n[nH]2)cc1. The van der Waals surface area contributed by atoms with E-state index in [2.05, 4.69) is 30.8 Å². The van der Waals surface area contributed by atoms with Crippen molar-refractivity contribution in [3.8, 4) is 16.9 Å². The molecule has 2 heterocycles. The molecule has 0 spiro atoms. The second-order valence-electron chi connectivity index (χ2n) is 6.89. The summed E-state index contributed by atoms with van der Waals surface area (Å²) < 4.78 is 38.3. The molecule has 0 fully saturated rings. The zero-order valence-electron chi connectivity index (χ0n) is 17.1. The molecule has 13 heteroatoms. The number of aromatic nitrogens is 5. The van der Waals surface area contributed by atoms with E-state index in [1.54, 1.807) is 30.5 Å². The van der Waals surface area contributed by atoms with Gasteiger partial charge in [-0.25, -0.2) is 22.9 Å². The van der Waals surface area contributed by atoms with Crippen LogP contribution in [-0.4, -0.2) is 51.8 Å². The highest BCUT2D eigenvalue weighted by Gasteiger charge is 2.14. The summed E-state index contributed by atoms with van der Waals surface area (Å²) in [6.07, 6.45) is 4.12. The van der Waals surface area contributed by atoms with Gasteiger partial charge in [0.15, 0.2) is 9.84 Å². The third kappa shape index (κ3) is 4.93. The Hall–Kier alpha value is -4.39. The van der Waals surface area contributed by atoms with Crippen molar-refractivity contribution in [3.63, 3.8) is 0 Å². The van der Waals surface area contributed by atoms with Crippen LogP contribution in [0.5, 0.6) is 0 Å². The first-order chi connectivity index (χ1) is 15.7. The number of nitrogen functional groups attached to an aromatic ring is 1. The van der Waals surface area contributed by atoms with E-state index in [1.807, 2.05) is 0 Å². The molecule has 168 valence electrons. The molecule has 0 bridgehead atoms. The molecular formula is C20H17FN8O3S. The van der Waals surface area contributed by atoms with Gasteiger partial charge in [0.05, 0.1) is 16.8 Å². The topological polar surface area (TPSA) is 161 Å². The summed E-state index contributed by atoms with van der Waals surface area (Å²) in [7, 11) is -3.36. The van der Waals surface area contributed by atoms with Crippen LogP contribution in [0, 0.1) is 5.82 Å². The Labute approximate surface area is 187 Å². The molecule has 0 saturated heterocycles. The number of hydrogen-bond donors (Lipinski definition) is 3. The minimum Gasteiger partial charge on any atom is -0.366 e. The standard InChI is InChI=1S/C20H17FN8O3S/c1-33(31,32)16-8-2-12(3-9-16)17-13(10-23-26-19(30)18-24-20(22)27-25-18)11-29(28-17)15-6-4-14(21)5-7-15/h2-11H,1H3,(H,26,30)(H3,22,24,25,27)/b23-10+. The van der Waals surface area contributed by atoms with Gasteiger partial charge in [-0.3, -0.25) is 9.89 Å². The molecule has 2 aromatic heterocycles. The molecule has 0 unspecified atom stereocenters. The number of benzene rings is 2. The van der Waals surface area contributed by atoms with E-state index in [-0.39, 0.29) is 22.5 Å². The fraction of sp³-hybridized carbons (Fsp3) is 0.0500. The number of H-pyrrole nitrogens is 1. The fourth-order valence-electron chi connectivity index (χ4n) is 2.88. The number of amides is 1. The summed E-state index contributed by atoms with van der Waals surface area (Å²) in [5, 5.41) is 14.4. The smallest absolute Gasteiger partial charge is 0.308 e. The van der Waals surface area contributed by atoms with Crippen LogP contribution < -0.4 is 11.2 Å². The van der Waals surface area contributed by atoms with E-state index in [1.165, 1.54) is 35.2 Å². The Morgan fingerprint density at radius 3 is 2.48 bits per heavy atom. The quantitative estimate of drug-likeness (QED) is 0.286. The van der Waals surface area contributed by atoms with Crippen LogP contribution in [0.15, 0.2) is 64.7 Å². The van der Waals surface area contributed by atoms with Gasteiger partial charge in [-0.2, -0.15) is 15.2 Å². The molecule has 0 radical (unpaired) electrons. The monoisotopic (exact) mass is 468 g/mol. The van der Waals surface area contributed by atoms with Crippen molar-refractivity contribution in [1.29, 1.82) is 0 Å². The molecule has 0 aliphatic rings. The third-order valence-corrected chi connectivity index (χ3v) is 5.61. The summed E-state index contributed by atoms with van der Waals surface area (Å²) in [5.41, 5.74) is 9.84. The zero-order chi connectivity index (χ0) is 23.6. The number of hydrogen-bond acceptors (Lipinski definition) is 8. The highest BCUT2D eigenvalue weighted by atomic mass is 32.2. The molecule has 0 aliphatic carbocycles. The van der Waals surface area contributed by atoms with E-state index in [0.717, 1.165) is 6.26 Å². The Morgan fingerprint density at radius 2 is 1.88 bits per heavy atom. The van der Waals surface area contributed by atoms with Gasteiger partial charge in [-0.05, 0) is 36.4 Å². The number of rotatable bonds is 6. The second-order valence-corrected chi connectivity index (χ2v) is 8.91. The number of carbonyl (C=O) groups is 1. The van der Waals surface area contributed by atoms with E-state index in [4.69, 9.17) is 5.73 Å². The molecule has 0 saturated carbocycles. The first kappa shape index (κ1) is 21.8. The molecule has 0 atom stereocenters. The van der Waals surface area contributed by atoms with Crippen LogP contribution in [0.1, 0.15) is 16.2 Å². The van der Waals surface area contributed by atoms with Gasteiger partial charge in [-0.15, -0.1) is 5.10 Å². The first-order valence-electron chi connectivity index (χ1n) is 9.38. The molecule has 33 heavy (non-hydrogen) atoms. The Bertz CT molecular complexity index is 1440. The van der Waals surface area contributed by atoms with Crippen molar-refractivity contribution in [2.24, 2.45) is 5.10 Å². The van der Waals surface area contributed by atoms with Crippen molar-refractivity contribution in [2.75, 3.05) is 12.0 Å². The van der Waals surface area contributed by atoms with Crippen molar-refractivity contribution < 1.29 is 17.6 Å². The highest BCUT2D eigenvalue weighted by Crippen LogP contribution is 2.24. The van der Waals surface area contributed by atoms with Crippen LogP contribution >= 0.6 is 0 Å². The van der Waals surface area contributed by atoms with Crippen molar-refractivity contribution in [2.45, 2.75) is 4.90 Å². The maximum Gasteiger partial charge on any atom is 0.308 e. The van der Waals surface area contributed by atoms with Crippen molar-refractivity contribution >= 4 is 27.9 Å². The number of nitrogens with two attached hydrogens (primary N) is 1. The number of nitrogens with zero attached hydrogens (tertiary/aromatic N) is 5. The number of hydrazone groups is 1. The Morgan fingerprint density at radius 1 is 1.18 bits per heavy atom. The number of sulfone groups is 1. The highest BCUT2D eigenvalue weighted by molar-refractivity contribution is 7.90. The number of anilines is 1. The van der Waals surface area contributed by atoms with E-state index < -0.39 is 15.7 Å². The first-order valence-corrected chi connectivity index (χ1v) is 11.3. The van der Waals surface area contributed by atoms with Crippen molar-refractivity contribution in [1.82, 2.24) is 30.4 Å². The number of aromatic amines is 1. The number of halogens is 1. The molecular weight excluding hydrogens is 451 g/mol. The van der Waals surface area contributed by atoms with Gasteiger partial charge in [0.2, 0.25) is 11.8 Å². The van der Waals surface area contributed by atoms with Crippen LogP contribution in [0.2, 0.25) is 0 Å². The number of carbonyl (C=O) groups excluding carboxylic acids is 1. The Balaban J connectivity index is 1.68. The van der Waals surface area contributed by atoms with Gasteiger partial charge < -0.3 is 5.73 Å². The van der Waals surface area contributed by atoms with Gasteiger partial charge in [-0.1, -0.05) is 12.1 Å². The molecule has 11 nitrogen and oxygen atoms in total. The Kier molecular flexibility index (Phi) is 5.70. The minimum atomic E-state index is -3.36. The van der Waals surface area contributed by atoms with Crippen LogP contribution in [0.25, 0.3) is 16.9 Å². The predicted molar refractivity (Wildman–Crippen MR) is 118 cm³/mol. The predicted octanol–water partition coefficient (Wildman–Crippen LogP) is 1.55. The lowest BCUT2D eigenvalue weighted by molar-refractivity contribution is 0.0945. The summed E-state index contributed by atoms with van der Waals surface area (Å²) in [5.74, 6) is -1.23. The van der Waals surface area contributed by atoms with Crippen LogP contribution in [0.4, 0.5) is 10.3 Å². The summed E-state index contributed by atoms with van der Waals surface area (Å²) in [6.45, 7) is 0. The lowest BCUT2D eigenvalue weighted by atomic mass is 10.1. The van der Waals surface area contributed by atoms with Gasteiger partial charge in [0.1, 0.15) is 11.5 Å². The largest absolute Gasteiger partial charge is 0.366 e. The normalized spacial score (nSPS) is 11.7. The molecule has 1 amide bonds. The average Bonchev–Trinajstić information content (AvgIpc) is 3.40. The van der Waals surface area contributed by atoms with Crippen LogP contribution in [-0.2, 0) is 9.84 Å². The van der Waals surface area contributed by atoms with Gasteiger partial charge in [0, 0.05) is 23.6 Å². The molecule has 4 rings (SSSR count). The summed E-state index contributed by atoms with van der Waals surface area (Å²) in [4.78, 5) is 15.9. The summed E-state index contributed by atoms with van der Waals surface area (Å²) >= 11 is 0. The van der Waals surface area contributed by atoms with Gasteiger partial charge >= 0.3 is 5.91 Å². The maximum atomic E-state index is 13.3. The molecule has 4 N–H and O–H groups in total. The average molecular weight is 468 g/mol. The van der Waals surface area contributed by atoms with Crippen molar-refractivity contribution in [3.05, 3.63) is 71.9 Å². The van der Waals surface area contributed by atoms with Gasteiger partial charge in [0.25, 0.3) is 0 Å². The minimum absolute atomic E-state index is 0.0791. The third-order valence-electron chi connectivity index (χ3n) is 4.48. The lowest BCUT2D eigenvalue weighted by Crippen LogP contribution is -2.19.